The molecule has 1 aliphatic rings. The quantitative estimate of drug-likeness (QED) is 0.688. The molecule has 2 rings (SSSR count). The lowest BCUT2D eigenvalue weighted by atomic mass is 10.2. The van der Waals surface area contributed by atoms with E-state index in [2.05, 4.69) is 4.98 Å². The summed E-state index contributed by atoms with van der Waals surface area (Å²) < 4.78 is 5.33. The molecule has 0 saturated heterocycles. The zero-order valence-electron chi connectivity index (χ0n) is 7.74. The number of nitrogens with one attached hydrogen (secondary N) is 1. The van der Waals surface area contributed by atoms with E-state index < -0.39 is 0 Å². The van der Waals surface area contributed by atoms with Gasteiger partial charge in [-0.2, -0.15) is 0 Å². The van der Waals surface area contributed by atoms with E-state index in [0.29, 0.717) is 18.1 Å². The fourth-order valence-electron chi connectivity index (χ4n) is 1.40. The molecule has 0 aromatic carbocycles. The Morgan fingerprint density at radius 3 is 3.21 bits per heavy atom. The van der Waals surface area contributed by atoms with Gasteiger partial charge >= 0.3 is 0 Å². The van der Waals surface area contributed by atoms with Crippen molar-refractivity contribution >= 4 is 23.3 Å². The summed E-state index contributed by atoms with van der Waals surface area (Å²) in [5, 5.41) is 1.38. The number of fused-ring (bicyclic) bond motifs is 1. The maximum atomic E-state index is 11.4. The molecule has 0 spiro atoms. The molecule has 0 radical (unpaired) electrons. The summed E-state index contributed by atoms with van der Waals surface area (Å²) in [7, 11) is 1.95. The van der Waals surface area contributed by atoms with E-state index in [1.165, 1.54) is 5.37 Å². The molecule has 0 amide bonds. The fraction of sp³-hybridized carbons (Fsp3) is 0.333. The van der Waals surface area contributed by atoms with Gasteiger partial charge in [0, 0.05) is 12.4 Å². The molecule has 1 aromatic rings. The predicted molar refractivity (Wildman–Crippen MR) is 58.6 cm³/mol. The second kappa shape index (κ2) is 3.42. The maximum Gasteiger partial charge on any atom is 0.258 e. The molecule has 0 unspecified atom stereocenters. The van der Waals surface area contributed by atoms with E-state index in [4.69, 9.17) is 17.0 Å². The Bertz CT molecular complexity index is 427. The summed E-state index contributed by atoms with van der Waals surface area (Å²) in [6.45, 7) is 1.41. The first-order chi connectivity index (χ1) is 6.72. The Hall–Kier alpha value is -1.36. The second-order valence-corrected chi connectivity index (χ2v) is 3.39. The van der Waals surface area contributed by atoms with Gasteiger partial charge in [0.15, 0.2) is 0 Å². The van der Waals surface area contributed by atoms with Gasteiger partial charge in [0.25, 0.3) is 5.56 Å². The van der Waals surface area contributed by atoms with Crippen molar-refractivity contribution in [2.24, 2.45) is 0 Å². The van der Waals surface area contributed by atoms with Gasteiger partial charge in [0.05, 0.1) is 17.8 Å². The van der Waals surface area contributed by atoms with Gasteiger partial charge in [-0.15, -0.1) is 0 Å². The number of rotatable bonds is 1. The highest BCUT2D eigenvalue weighted by atomic mass is 32.1. The molecule has 5 heteroatoms. The maximum absolute atomic E-state index is 11.4. The molecule has 0 fully saturated rings. The first-order valence-electron chi connectivity index (χ1n) is 4.29. The average Bonchev–Trinajstić information content (AvgIpc) is 2.17. The van der Waals surface area contributed by atoms with Crippen LogP contribution in [0, 0.1) is 0 Å². The molecule has 0 atom stereocenters. The van der Waals surface area contributed by atoms with Crippen LogP contribution in [0.3, 0.4) is 0 Å². The zero-order valence-corrected chi connectivity index (χ0v) is 8.56. The van der Waals surface area contributed by atoms with Crippen molar-refractivity contribution in [3.05, 3.63) is 22.0 Å². The van der Waals surface area contributed by atoms with Gasteiger partial charge in [-0.3, -0.25) is 9.78 Å². The molecule has 1 aliphatic heterocycles. The van der Waals surface area contributed by atoms with Crippen LogP contribution in [-0.4, -0.2) is 30.6 Å². The zero-order chi connectivity index (χ0) is 10.1. The molecule has 1 N–H and O–H groups in total. The van der Waals surface area contributed by atoms with E-state index in [0.717, 1.165) is 12.2 Å². The molecule has 14 heavy (non-hydrogen) atoms. The minimum absolute atomic E-state index is 0.200. The first kappa shape index (κ1) is 9.21. The topological polar surface area (TPSA) is 45.3 Å². The van der Waals surface area contributed by atoms with Crippen LogP contribution in [0.2, 0.25) is 0 Å². The Morgan fingerprint density at radius 1 is 1.71 bits per heavy atom. The van der Waals surface area contributed by atoms with Crippen molar-refractivity contribution in [1.82, 2.24) is 4.98 Å². The lowest BCUT2D eigenvalue weighted by molar-refractivity contribution is 0.298. The van der Waals surface area contributed by atoms with Crippen LogP contribution in [-0.2, 0) is 0 Å². The number of pyridine rings is 1. The molecule has 1 aromatic heterocycles. The molecule has 0 saturated carbocycles. The number of hydrogen-bond donors (Lipinski definition) is 1. The molecule has 2 heterocycles. The number of H-pyrrole nitrogens is 1. The van der Waals surface area contributed by atoms with E-state index in [1.54, 1.807) is 6.07 Å². The number of ether oxygens (including phenoxy) is 1. The number of aromatic nitrogens is 1. The number of hydrogen-bond acceptors (Lipinski definition) is 4. The monoisotopic (exact) mass is 210 g/mol. The van der Waals surface area contributed by atoms with Crippen LogP contribution in [0.4, 0.5) is 5.69 Å². The highest BCUT2D eigenvalue weighted by Gasteiger charge is 2.16. The summed E-state index contributed by atoms with van der Waals surface area (Å²) in [5.74, 6) is 0.532. The van der Waals surface area contributed by atoms with Gasteiger partial charge < -0.3 is 9.64 Å². The molecule has 0 aliphatic carbocycles. The standard InChI is InChI=1S/C9H10N2O2S/c1-11-2-3-13-9-7(11)4-6(5-14)8(12)10-9/h4-5H,2-3H2,1H3,(H,10,12). The minimum atomic E-state index is -0.200. The van der Waals surface area contributed by atoms with Crippen molar-refractivity contribution in [3.63, 3.8) is 0 Å². The Balaban J connectivity index is 2.60. The third-order valence-corrected chi connectivity index (χ3v) is 2.48. The molecular weight excluding hydrogens is 200 g/mol. The number of likely N-dealkylation sites (N-methyl/N-ethyl adjacent to an activating group) is 1. The van der Waals surface area contributed by atoms with Gasteiger partial charge in [0.2, 0.25) is 5.88 Å². The molecule has 4 nitrogen and oxygen atoms in total. The van der Waals surface area contributed by atoms with Gasteiger partial charge in [-0.1, -0.05) is 12.2 Å². The molecular formula is C9H10N2O2S. The third-order valence-electron chi connectivity index (χ3n) is 2.23. The molecule has 74 valence electrons. The fourth-order valence-corrected chi connectivity index (χ4v) is 1.58. The summed E-state index contributed by atoms with van der Waals surface area (Å²) in [6, 6.07) is 1.75. The van der Waals surface area contributed by atoms with Crippen LogP contribution in [0.15, 0.2) is 10.9 Å². The van der Waals surface area contributed by atoms with E-state index in [-0.39, 0.29) is 5.56 Å². The van der Waals surface area contributed by atoms with Crippen molar-refractivity contribution in [2.45, 2.75) is 0 Å². The highest BCUT2D eigenvalue weighted by molar-refractivity contribution is 7.79. The van der Waals surface area contributed by atoms with Crippen molar-refractivity contribution < 1.29 is 4.74 Å². The summed E-state index contributed by atoms with van der Waals surface area (Å²) in [4.78, 5) is 16.1. The highest BCUT2D eigenvalue weighted by Crippen LogP contribution is 2.26. The van der Waals surface area contributed by atoms with Crippen molar-refractivity contribution in [1.29, 1.82) is 0 Å². The number of anilines is 1. The van der Waals surface area contributed by atoms with E-state index in [9.17, 15) is 4.79 Å². The normalized spacial score (nSPS) is 14.5. The number of nitrogens with zero attached hydrogens (tertiary/aromatic N) is 1. The van der Waals surface area contributed by atoms with Gasteiger partial charge in [-0.25, -0.2) is 0 Å². The number of aromatic amines is 1. The van der Waals surface area contributed by atoms with Crippen LogP contribution in [0.1, 0.15) is 5.56 Å². The summed E-state index contributed by atoms with van der Waals surface area (Å²) >= 11 is 4.75. The van der Waals surface area contributed by atoms with Gasteiger partial charge in [-0.05, 0) is 6.07 Å². The van der Waals surface area contributed by atoms with E-state index >= 15 is 0 Å². The predicted octanol–water partition coefficient (Wildman–Crippen LogP) is 0.551. The Morgan fingerprint density at radius 2 is 2.50 bits per heavy atom. The summed E-state index contributed by atoms with van der Waals surface area (Å²) in [6.07, 6.45) is 0. The average molecular weight is 210 g/mol. The SMILES string of the molecule is CN1CCOc2[nH]c(=O)c(C=S)cc21. The van der Waals surface area contributed by atoms with E-state index in [1.807, 2.05) is 11.9 Å². The van der Waals surface area contributed by atoms with Crippen molar-refractivity contribution in [3.8, 4) is 5.88 Å². The third kappa shape index (κ3) is 1.39. The van der Waals surface area contributed by atoms with Gasteiger partial charge in [0.1, 0.15) is 6.61 Å². The second-order valence-electron chi connectivity index (χ2n) is 3.16. The summed E-state index contributed by atoms with van der Waals surface area (Å²) in [5.41, 5.74) is 1.18. The smallest absolute Gasteiger partial charge is 0.258 e. The lowest BCUT2D eigenvalue weighted by Gasteiger charge is -2.26. The number of thiocarbonyl (C=S) groups is 1. The largest absolute Gasteiger partial charge is 0.476 e. The lowest BCUT2D eigenvalue weighted by Crippen LogP contribution is -2.31. The van der Waals surface area contributed by atoms with Crippen LogP contribution in [0.5, 0.6) is 5.88 Å². The van der Waals surface area contributed by atoms with Crippen LogP contribution >= 0.6 is 12.2 Å². The Kier molecular flexibility index (Phi) is 2.25. The Labute approximate surface area is 86.5 Å². The van der Waals surface area contributed by atoms with Crippen LogP contribution < -0.4 is 15.2 Å². The van der Waals surface area contributed by atoms with Crippen molar-refractivity contribution in [2.75, 3.05) is 25.1 Å². The minimum Gasteiger partial charge on any atom is -0.476 e. The van der Waals surface area contributed by atoms with Crippen LogP contribution in [0.25, 0.3) is 0 Å². The molecule has 0 bridgehead atoms. The first-order valence-corrected chi connectivity index (χ1v) is 4.76.